The van der Waals surface area contributed by atoms with Gasteiger partial charge in [0, 0.05) is 44.3 Å². The van der Waals surface area contributed by atoms with E-state index in [0.29, 0.717) is 12.8 Å². The molecule has 45 heavy (non-hydrogen) atoms. The monoisotopic (exact) mass is 696 g/mol. The Morgan fingerprint density at radius 1 is 1.07 bits per heavy atom. The van der Waals surface area contributed by atoms with Crippen molar-refractivity contribution in [2.45, 2.75) is 86.4 Å². The molecule has 0 radical (unpaired) electrons. The van der Waals surface area contributed by atoms with Crippen molar-refractivity contribution in [1.82, 2.24) is 10.2 Å². The summed E-state index contributed by atoms with van der Waals surface area (Å²) < 4.78 is 34.6. The Morgan fingerprint density at radius 3 is 1.93 bits per heavy atom. The molecule has 258 valence electrons. The van der Waals surface area contributed by atoms with E-state index in [9.17, 15) is 28.8 Å². The van der Waals surface area contributed by atoms with E-state index in [4.69, 9.17) is 18.5 Å². The number of thioether (sulfide) groups is 2. The van der Waals surface area contributed by atoms with Gasteiger partial charge in [0.05, 0.1) is 6.10 Å². The number of aliphatic hydroxyl groups excluding tert-OH is 1. The number of ether oxygens (including phenoxy) is 2. The van der Waals surface area contributed by atoms with Crippen molar-refractivity contribution in [2.24, 2.45) is 21.1 Å². The molecule has 2 amide bonds. The normalized spacial score (nSPS) is 21.0. The van der Waals surface area contributed by atoms with Crippen LogP contribution < -0.4 is 5.32 Å². The summed E-state index contributed by atoms with van der Waals surface area (Å²) in [5.41, 5.74) is -1.05. The molecular weight excluding hydrogens is 647 g/mol. The predicted molar refractivity (Wildman–Crippen MR) is 175 cm³/mol. The molecule has 2 N–H and O–H groups in total. The Bertz CT molecular complexity index is 1090. The Labute approximate surface area is 275 Å². The molecule has 1 aliphatic heterocycles. The minimum absolute atomic E-state index is 0.0348. The quantitative estimate of drug-likeness (QED) is 0.0825. The van der Waals surface area contributed by atoms with Crippen LogP contribution in [0, 0.1) is 10.8 Å². The first kappa shape index (κ1) is 43.1. The minimum Gasteiger partial charge on any atom is -0.388 e. The lowest BCUT2D eigenvalue weighted by Gasteiger charge is -2.25. The highest BCUT2D eigenvalue weighted by Gasteiger charge is 2.45. The van der Waals surface area contributed by atoms with E-state index in [0.717, 1.165) is 23.5 Å². The van der Waals surface area contributed by atoms with Gasteiger partial charge in [-0.15, -0.1) is 5.11 Å². The molecule has 0 aromatic rings. The molecule has 0 aliphatic carbocycles. The topological polar surface area (TPSA) is 182 Å². The molecule has 1 heterocycles. The first-order valence-corrected chi connectivity index (χ1v) is 17.6. The maximum absolute atomic E-state index is 13.1. The standard InChI is InChI=1S/C16H29N2O5PS2.C12H20N2O5/c1-9-12(18-17-8)24(21,22-10-25-13(19)15(2,3)4)23-11-26-14(20)16(5,6)7;1-4-8-10(17)11(18-3)12(19-8)14(7-15)6-5-9(16)13-2/h9H,10-11H2,1-8H3;5-8,10-12,17H,4H2,1-3H3,(H,13,16)/b12-9+,18-17?;6-5-. The van der Waals surface area contributed by atoms with Crippen LogP contribution in [0.4, 0.5) is 0 Å². The summed E-state index contributed by atoms with van der Waals surface area (Å²) in [6, 6.07) is 0. The van der Waals surface area contributed by atoms with Crippen LogP contribution in [0.2, 0.25) is 0 Å². The Morgan fingerprint density at radius 2 is 1.58 bits per heavy atom. The highest BCUT2D eigenvalue weighted by Crippen LogP contribution is 2.58. The summed E-state index contributed by atoms with van der Waals surface area (Å²) in [6.45, 7) is 14.2. The molecule has 17 heteroatoms. The second kappa shape index (κ2) is 20.4. The van der Waals surface area contributed by atoms with Gasteiger partial charge in [-0.1, -0.05) is 78.1 Å². The highest BCUT2D eigenvalue weighted by atomic mass is 32.2. The molecular formula is C28H49N4O10PS2. The summed E-state index contributed by atoms with van der Waals surface area (Å²) in [5, 5.41) is 19.6. The van der Waals surface area contributed by atoms with E-state index in [2.05, 4.69) is 15.5 Å². The number of carbonyl (C=O) groups is 4. The van der Waals surface area contributed by atoms with Crippen LogP contribution >= 0.6 is 31.1 Å². The van der Waals surface area contributed by atoms with Gasteiger partial charge in [-0.3, -0.25) is 37.7 Å². The van der Waals surface area contributed by atoms with Gasteiger partial charge in [0.1, 0.15) is 24.1 Å². The minimum atomic E-state index is -3.81. The fourth-order valence-electron chi connectivity index (χ4n) is 3.24. The number of likely N-dealkylation sites (N-methyl/N-ethyl adjacent to an activating group) is 1. The van der Waals surface area contributed by atoms with Crippen molar-refractivity contribution < 1.29 is 47.4 Å². The lowest BCUT2D eigenvalue weighted by atomic mass is 9.99. The zero-order valence-electron chi connectivity index (χ0n) is 28.0. The predicted octanol–water partition coefficient (Wildman–Crippen LogP) is 4.90. The van der Waals surface area contributed by atoms with Crippen LogP contribution in [-0.4, -0.2) is 90.2 Å². The molecule has 1 rings (SSSR count). The largest absolute Gasteiger partial charge is 0.388 e. The zero-order chi connectivity index (χ0) is 35.0. The van der Waals surface area contributed by atoms with Crippen LogP contribution in [0.15, 0.2) is 34.0 Å². The van der Waals surface area contributed by atoms with Gasteiger partial charge in [-0.2, -0.15) is 5.11 Å². The molecule has 0 saturated carbocycles. The van der Waals surface area contributed by atoms with E-state index >= 15 is 0 Å². The van der Waals surface area contributed by atoms with E-state index < -0.39 is 43.0 Å². The zero-order valence-corrected chi connectivity index (χ0v) is 30.5. The molecule has 0 spiro atoms. The maximum atomic E-state index is 13.1. The SMILES string of the molecule is C/C=C(\N=NC)P(=O)(OCSC(=O)C(C)(C)C)OCSC(=O)C(C)(C)C.CCC1OC(N(C=O)/C=C\C(=O)NC)C(OC)C1O. The van der Waals surface area contributed by atoms with Crippen LogP contribution in [0.1, 0.15) is 61.8 Å². The van der Waals surface area contributed by atoms with Crippen molar-refractivity contribution in [3.05, 3.63) is 23.8 Å². The number of methoxy groups -OCH3 is 1. The summed E-state index contributed by atoms with van der Waals surface area (Å²) in [7, 11) is 0.549. The van der Waals surface area contributed by atoms with Crippen LogP contribution in [0.25, 0.3) is 0 Å². The number of hydrogen-bond acceptors (Lipinski definition) is 14. The lowest BCUT2D eigenvalue weighted by Crippen LogP contribution is -2.42. The average Bonchev–Trinajstić information content (AvgIpc) is 3.29. The van der Waals surface area contributed by atoms with Crippen molar-refractivity contribution >= 4 is 53.7 Å². The smallest absolute Gasteiger partial charge is 0.382 e. The Kier molecular flexibility index (Phi) is 19.5. The Balaban J connectivity index is 0.000000900. The van der Waals surface area contributed by atoms with Crippen molar-refractivity contribution in [2.75, 3.05) is 33.1 Å². The van der Waals surface area contributed by atoms with E-state index in [1.165, 1.54) is 44.5 Å². The van der Waals surface area contributed by atoms with Gasteiger partial charge in [0.2, 0.25) is 12.3 Å². The second-order valence-corrected chi connectivity index (χ2v) is 15.2. The molecule has 0 aromatic heterocycles. The van der Waals surface area contributed by atoms with Gasteiger partial charge >= 0.3 is 7.60 Å². The number of carbonyl (C=O) groups excluding carboxylic acids is 4. The summed E-state index contributed by atoms with van der Waals surface area (Å²) in [5.74, 6) is -0.643. The first-order chi connectivity index (χ1) is 20.9. The number of allylic oxidation sites excluding steroid dienone is 1. The molecule has 1 aliphatic rings. The van der Waals surface area contributed by atoms with Crippen LogP contribution in [0.5, 0.6) is 0 Å². The number of hydrogen-bond donors (Lipinski definition) is 2. The number of nitrogens with one attached hydrogen (secondary N) is 1. The number of amides is 2. The highest BCUT2D eigenvalue weighted by molar-refractivity contribution is 8.14. The molecule has 1 fully saturated rings. The van der Waals surface area contributed by atoms with E-state index in [1.54, 1.807) is 48.5 Å². The second-order valence-electron chi connectivity index (χ2n) is 11.4. The molecule has 1 saturated heterocycles. The number of azo groups is 1. The lowest BCUT2D eigenvalue weighted by molar-refractivity contribution is -0.133. The average molecular weight is 697 g/mol. The maximum Gasteiger partial charge on any atom is 0.382 e. The molecule has 0 bridgehead atoms. The molecule has 4 unspecified atom stereocenters. The van der Waals surface area contributed by atoms with Crippen molar-refractivity contribution in [3.8, 4) is 0 Å². The third kappa shape index (κ3) is 14.6. The van der Waals surface area contributed by atoms with Gasteiger partial charge in [-0.05, 0) is 13.3 Å². The third-order valence-electron chi connectivity index (χ3n) is 5.84. The van der Waals surface area contributed by atoms with Gasteiger partial charge < -0.3 is 19.9 Å². The summed E-state index contributed by atoms with van der Waals surface area (Å²) >= 11 is 1.83. The van der Waals surface area contributed by atoms with Crippen molar-refractivity contribution in [1.29, 1.82) is 0 Å². The van der Waals surface area contributed by atoms with E-state index in [-0.39, 0.29) is 33.5 Å². The third-order valence-corrected chi connectivity index (χ3v) is 10.3. The number of aliphatic hydroxyl groups is 1. The number of nitrogens with zero attached hydrogens (tertiary/aromatic N) is 3. The Hall–Kier alpha value is -1.91. The van der Waals surface area contributed by atoms with Crippen LogP contribution in [-0.2, 0) is 42.3 Å². The van der Waals surface area contributed by atoms with Crippen LogP contribution in [0.3, 0.4) is 0 Å². The molecule has 0 aromatic carbocycles. The fourth-order valence-corrected chi connectivity index (χ4v) is 6.71. The fraction of sp³-hybridized carbons (Fsp3) is 0.714. The van der Waals surface area contributed by atoms with Crippen molar-refractivity contribution in [3.63, 3.8) is 0 Å². The number of rotatable bonds is 14. The summed E-state index contributed by atoms with van der Waals surface area (Å²) in [6.07, 6.45) is 2.50. The van der Waals surface area contributed by atoms with E-state index in [1.807, 2.05) is 6.92 Å². The first-order valence-electron chi connectivity index (χ1n) is 14.1. The summed E-state index contributed by atoms with van der Waals surface area (Å²) in [4.78, 5) is 47.3. The molecule has 4 atom stereocenters. The van der Waals surface area contributed by atoms with Gasteiger partial charge in [0.15, 0.2) is 21.9 Å². The molecule has 14 nitrogen and oxygen atoms in total. The van der Waals surface area contributed by atoms with Gasteiger partial charge in [0.25, 0.3) is 0 Å². The van der Waals surface area contributed by atoms with Gasteiger partial charge in [-0.25, -0.2) is 0 Å².